The number of aromatic nitrogens is 3. The van der Waals surface area contributed by atoms with Crippen molar-refractivity contribution in [3.8, 4) is 10.6 Å². The smallest absolute Gasteiger partial charge is 0.129 e. The molecule has 0 spiro atoms. The van der Waals surface area contributed by atoms with E-state index in [0.29, 0.717) is 0 Å². The van der Waals surface area contributed by atoms with Gasteiger partial charge in [0.05, 0.1) is 22.1 Å². The van der Waals surface area contributed by atoms with Crippen LogP contribution in [0.1, 0.15) is 17.4 Å². The van der Waals surface area contributed by atoms with Gasteiger partial charge in [0.2, 0.25) is 0 Å². The van der Waals surface area contributed by atoms with Crippen LogP contribution in [0, 0.1) is 0 Å². The van der Waals surface area contributed by atoms with Gasteiger partial charge in [0, 0.05) is 24.8 Å². The molecule has 0 aliphatic rings. The molecule has 0 bridgehead atoms. The number of thiophene rings is 1. The van der Waals surface area contributed by atoms with Crippen LogP contribution in [-0.2, 0) is 7.05 Å². The Kier molecular flexibility index (Phi) is 3.44. The van der Waals surface area contributed by atoms with Crippen molar-refractivity contribution in [2.75, 3.05) is 0 Å². The predicted octanol–water partition coefficient (Wildman–Crippen LogP) is 3.74. The Morgan fingerprint density at radius 1 is 1.17 bits per heavy atom. The van der Waals surface area contributed by atoms with Crippen molar-refractivity contribution in [2.24, 2.45) is 12.8 Å². The summed E-state index contributed by atoms with van der Waals surface area (Å²) in [5.41, 5.74) is 9.50. The van der Waals surface area contributed by atoms with E-state index in [-0.39, 0.29) is 6.04 Å². The molecule has 3 aromatic heterocycles. The fourth-order valence-corrected chi connectivity index (χ4v) is 3.51. The summed E-state index contributed by atoms with van der Waals surface area (Å²) in [4.78, 5) is 10.3. The molecule has 4 aromatic rings. The van der Waals surface area contributed by atoms with Gasteiger partial charge in [-0.1, -0.05) is 24.3 Å². The molecule has 0 saturated heterocycles. The van der Waals surface area contributed by atoms with E-state index in [1.165, 1.54) is 0 Å². The van der Waals surface area contributed by atoms with Gasteiger partial charge in [-0.25, -0.2) is 9.97 Å². The minimum atomic E-state index is -0.290. The van der Waals surface area contributed by atoms with Crippen molar-refractivity contribution >= 4 is 22.2 Å². The van der Waals surface area contributed by atoms with Crippen LogP contribution in [-0.4, -0.2) is 14.5 Å². The molecule has 4 nitrogen and oxygen atoms in total. The van der Waals surface area contributed by atoms with Crippen molar-refractivity contribution in [3.05, 3.63) is 71.6 Å². The first kappa shape index (κ1) is 14.1. The molecular formula is C18H16N4S. The monoisotopic (exact) mass is 320 g/mol. The van der Waals surface area contributed by atoms with Gasteiger partial charge in [-0.15, -0.1) is 11.3 Å². The van der Waals surface area contributed by atoms with E-state index >= 15 is 0 Å². The number of para-hydroxylation sites is 1. The lowest BCUT2D eigenvalue weighted by molar-refractivity contribution is 0.720. The number of benzene rings is 1. The molecule has 5 heteroatoms. The number of pyridine rings is 1. The largest absolute Gasteiger partial charge is 0.336 e. The summed E-state index contributed by atoms with van der Waals surface area (Å²) in [6.45, 7) is 0. The maximum atomic E-state index is 6.54. The van der Waals surface area contributed by atoms with Gasteiger partial charge < -0.3 is 10.3 Å². The van der Waals surface area contributed by atoms with Crippen molar-refractivity contribution < 1.29 is 0 Å². The minimum absolute atomic E-state index is 0.290. The number of rotatable bonds is 3. The fraction of sp³-hybridized carbons (Fsp3) is 0.111. The first-order chi connectivity index (χ1) is 11.2. The second-order valence-corrected chi connectivity index (χ2v) is 6.41. The molecule has 0 fully saturated rings. The highest BCUT2D eigenvalue weighted by molar-refractivity contribution is 7.13. The molecule has 2 N–H and O–H groups in total. The molecule has 0 saturated carbocycles. The third kappa shape index (κ3) is 2.44. The van der Waals surface area contributed by atoms with E-state index in [1.54, 1.807) is 17.5 Å². The zero-order valence-corrected chi connectivity index (χ0v) is 13.5. The second kappa shape index (κ2) is 5.61. The molecule has 0 aliphatic carbocycles. The highest BCUT2D eigenvalue weighted by Gasteiger charge is 2.18. The lowest BCUT2D eigenvalue weighted by Gasteiger charge is -2.16. The Bertz CT molecular complexity index is 956. The number of aryl methyl sites for hydroxylation is 1. The summed E-state index contributed by atoms with van der Waals surface area (Å²) in [5.74, 6) is 0.846. The normalized spacial score (nSPS) is 12.6. The van der Waals surface area contributed by atoms with E-state index in [0.717, 1.165) is 32.9 Å². The van der Waals surface area contributed by atoms with Gasteiger partial charge in [0.15, 0.2) is 0 Å². The van der Waals surface area contributed by atoms with Gasteiger partial charge in [-0.2, -0.15) is 0 Å². The van der Waals surface area contributed by atoms with E-state index in [4.69, 9.17) is 10.7 Å². The first-order valence-electron chi connectivity index (χ1n) is 7.40. The third-order valence-corrected chi connectivity index (χ3v) is 4.89. The van der Waals surface area contributed by atoms with E-state index in [9.17, 15) is 0 Å². The fourth-order valence-electron chi connectivity index (χ4n) is 2.83. The predicted molar refractivity (Wildman–Crippen MR) is 94.3 cm³/mol. The summed E-state index contributed by atoms with van der Waals surface area (Å²) < 4.78 is 1.96. The molecule has 0 radical (unpaired) electrons. The SMILES string of the molecule is Cn1ccnc1C(N)c1cc(-c2cccs2)nc2ccccc12. The summed E-state index contributed by atoms with van der Waals surface area (Å²) in [6, 6.07) is 14.0. The van der Waals surface area contributed by atoms with Crippen LogP contribution in [0.25, 0.3) is 21.5 Å². The second-order valence-electron chi connectivity index (χ2n) is 5.47. The number of nitrogens with two attached hydrogens (primary N) is 1. The maximum absolute atomic E-state index is 6.54. The first-order valence-corrected chi connectivity index (χ1v) is 8.28. The quantitative estimate of drug-likeness (QED) is 0.625. The lowest BCUT2D eigenvalue weighted by atomic mass is 10.0. The van der Waals surface area contributed by atoms with Crippen LogP contribution < -0.4 is 5.73 Å². The number of hydrogen-bond donors (Lipinski definition) is 1. The molecule has 4 rings (SSSR count). The van der Waals surface area contributed by atoms with Gasteiger partial charge in [-0.05, 0) is 29.1 Å². The Hall–Kier alpha value is -2.50. The summed E-state index contributed by atoms with van der Waals surface area (Å²) in [7, 11) is 1.96. The van der Waals surface area contributed by atoms with Crippen LogP contribution in [0.15, 0.2) is 60.2 Å². The van der Waals surface area contributed by atoms with Crippen molar-refractivity contribution in [1.29, 1.82) is 0 Å². The summed E-state index contributed by atoms with van der Waals surface area (Å²) >= 11 is 1.68. The van der Waals surface area contributed by atoms with E-state index in [2.05, 4.69) is 28.6 Å². The Labute approximate surface area is 138 Å². The van der Waals surface area contributed by atoms with E-state index in [1.807, 2.05) is 42.1 Å². The summed E-state index contributed by atoms with van der Waals surface area (Å²) in [5, 5.41) is 3.13. The molecular weight excluding hydrogens is 304 g/mol. The zero-order valence-electron chi connectivity index (χ0n) is 12.7. The maximum Gasteiger partial charge on any atom is 0.129 e. The van der Waals surface area contributed by atoms with Gasteiger partial charge in [0.1, 0.15) is 5.82 Å². The molecule has 23 heavy (non-hydrogen) atoms. The number of fused-ring (bicyclic) bond motifs is 1. The molecule has 1 atom stereocenters. The number of nitrogens with zero attached hydrogens (tertiary/aromatic N) is 3. The zero-order chi connectivity index (χ0) is 15.8. The summed E-state index contributed by atoms with van der Waals surface area (Å²) in [6.07, 6.45) is 3.69. The molecule has 0 amide bonds. The standard InChI is InChI=1S/C18H16N4S/c1-22-9-8-20-18(22)17(19)13-11-15(16-7-4-10-23-16)21-14-6-3-2-5-12(13)14/h2-11,17H,19H2,1H3. The highest BCUT2D eigenvalue weighted by Crippen LogP contribution is 2.31. The molecule has 0 aliphatic heterocycles. The lowest BCUT2D eigenvalue weighted by Crippen LogP contribution is -2.17. The Morgan fingerprint density at radius 3 is 2.78 bits per heavy atom. The average Bonchev–Trinajstić information content (AvgIpc) is 3.24. The molecule has 3 heterocycles. The Balaban J connectivity index is 1.95. The average molecular weight is 320 g/mol. The highest BCUT2D eigenvalue weighted by atomic mass is 32.1. The Morgan fingerprint density at radius 2 is 2.04 bits per heavy atom. The van der Waals surface area contributed by atoms with Gasteiger partial charge >= 0.3 is 0 Å². The third-order valence-electron chi connectivity index (χ3n) is 3.99. The van der Waals surface area contributed by atoms with Gasteiger partial charge in [0.25, 0.3) is 0 Å². The molecule has 114 valence electrons. The van der Waals surface area contributed by atoms with Crippen molar-refractivity contribution in [3.63, 3.8) is 0 Å². The van der Waals surface area contributed by atoms with Crippen molar-refractivity contribution in [2.45, 2.75) is 6.04 Å². The van der Waals surface area contributed by atoms with Crippen molar-refractivity contribution in [1.82, 2.24) is 14.5 Å². The van der Waals surface area contributed by atoms with Crippen LogP contribution in [0.5, 0.6) is 0 Å². The number of hydrogen-bond acceptors (Lipinski definition) is 4. The molecule has 1 unspecified atom stereocenters. The van der Waals surface area contributed by atoms with Crippen LogP contribution in [0.3, 0.4) is 0 Å². The van der Waals surface area contributed by atoms with Crippen LogP contribution >= 0.6 is 11.3 Å². The van der Waals surface area contributed by atoms with Gasteiger partial charge in [-0.3, -0.25) is 0 Å². The van der Waals surface area contributed by atoms with E-state index < -0.39 is 0 Å². The topological polar surface area (TPSA) is 56.7 Å². The van der Waals surface area contributed by atoms with Crippen LogP contribution in [0.2, 0.25) is 0 Å². The molecule has 1 aromatic carbocycles. The minimum Gasteiger partial charge on any atom is -0.336 e. The van der Waals surface area contributed by atoms with Crippen LogP contribution in [0.4, 0.5) is 0 Å². The number of imidazole rings is 1.